The van der Waals surface area contributed by atoms with E-state index in [0.29, 0.717) is 36.6 Å². The van der Waals surface area contributed by atoms with Gasteiger partial charge in [0.15, 0.2) is 0 Å². The molecule has 242 valence electrons. The minimum atomic E-state index is -1.28. The summed E-state index contributed by atoms with van der Waals surface area (Å²) in [7, 11) is 0. The third kappa shape index (κ3) is 5.58. The van der Waals surface area contributed by atoms with E-state index in [9.17, 15) is 19.5 Å². The molecular weight excluding hydrogens is 662 g/mol. The van der Waals surface area contributed by atoms with Crippen LogP contribution in [0.5, 0.6) is 5.75 Å². The summed E-state index contributed by atoms with van der Waals surface area (Å²) in [5, 5.41) is 18.7. The molecule has 3 aliphatic heterocycles. The molecule has 4 aromatic rings. The highest BCUT2D eigenvalue weighted by Gasteiger charge is 2.77. The van der Waals surface area contributed by atoms with Gasteiger partial charge >= 0.3 is 0 Å². The molecule has 3 saturated heterocycles. The lowest BCUT2D eigenvalue weighted by atomic mass is 9.70. The molecule has 0 aliphatic carbocycles. The van der Waals surface area contributed by atoms with Crippen LogP contribution in [-0.2, 0) is 25.5 Å². The van der Waals surface area contributed by atoms with Gasteiger partial charge < -0.3 is 30.1 Å². The largest absolute Gasteiger partial charge is 0.494 e. The Bertz CT molecular complexity index is 1800. The average Bonchev–Trinajstić information content (AvgIpc) is 3.68. The summed E-state index contributed by atoms with van der Waals surface area (Å²) >= 11 is 3.73. The Morgan fingerprint density at radius 2 is 1.64 bits per heavy atom. The number of amides is 3. The number of hydrogen-bond acceptors (Lipinski definition) is 6. The second-order valence-electron chi connectivity index (χ2n) is 12.4. The fourth-order valence-corrected chi connectivity index (χ4v) is 8.64. The van der Waals surface area contributed by atoms with E-state index in [1.54, 1.807) is 24.3 Å². The number of aliphatic hydroxyl groups excluding tert-OH is 1. The van der Waals surface area contributed by atoms with Crippen molar-refractivity contribution in [1.29, 1.82) is 0 Å². The number of benzene rings is 4. The molecule has 3 aliphatic rings. The minimum absolute atomic E-state index is 0.264. The second-order valence-corrected chi connectivity index (χ2v) is 13.6. The van der Waals surface area contributed by atoms with E-state index in [1.807, 2.05) is 79.7 Å². The number of ether oxygens (including phenoxy) is 2. The van der Waals surface area contributed by atoms with Crippen LogP contribution in [0.3, 0.4) is 0 Å². The first-order chi connectivity index (χ1) is 22.8. The van der Waals surface area contributed by atoms with Crippen molar-refractivity contribution in [1.82, 2.24) is 4.90 Å². The van der Waals surface area contributed by atoms with Crippen molar-refractivity contribution >= 4 is 55.8 Å². The number of carbonyl (C=O) groups excluding carboxylic acids is 3. The Labute approximate surface area is 281 Å². The second kappa shape index (κ2) is 12.7. The third-order valence-corrected chi connectivity index (χ3v) is 10.5. The van der Waals surface area contributed by atoms with E-state index in [4.69, 9.17) is 9.47 Å². The molecule has 0 saturated carbocycles. The topological polar surface area (TPSA) is 117 Å². The first-order valence-corrected chi connectivity index (χ1v) is 16.9. The predicted molar refractivity (Wildman–Crippen MR) is 182 cm³/mol. The van der Waals surface area contributed by atoms with Crippen LogP contribution < -0.4 is 15.4 Å². The highest BCUT2D eigenvalue weighted by atomic mass is 79.9. The fraction of sp³-hybridized carbons (Fsp3) is 0.324. The number of halogens is 1. The monoisotopic (exact) mass is 697 g/mol. The lowest BCUT2D eigenvalue weighted by Crippen LogP contribution is -2.57. The number of fused-ring (bicyclic) bond motifs is 2. The van der Waals surface area contributed by atoms with E-state index >= 15 is 0 Å². The first kappa shape index (κ1) is 31.4. The molecule has 10 heteroatoms. The smallest absolute Gasteiger partial charge is 0.250 e. The summed E-state index contributed by atoms with van der Waals surface area (Å²) < 4.78 is 12.2. The Morgan fingerprint density at radius 3 is 2.36 bits per heavy atom. The van der Waals surface area contributed by atoms with Crippen LogP contribution in [0.4, 0.5) is 11.4 Å². The number of carbonyl (C=O) groups is 3. The van der Waals surface area contributed by atoms with Gasteiger partial charge in [-0.2, -0.15) is 0 Å². The van der Waals surface area contributed by atoms with Crippen molar-refractivity contribution in [2.24, 2.45) is 11.8 Å². The minimum Gasteiger partial charge on any atom is -0.494 e. The molecule has 4 aromatic carbocycles. The lowest BCUT2D eigenvalue weighted by molar-refractivity contribution is -0.143. The summed E-state index contributed by atoms with van der Waals surface area (Å²) in [6, 6.07) is 28.3. The Kier molecular flexibility index (Phi) is 8.50. The molecule has 7 atom stereocenters. The van der Waals surface area contributed by atoms with Crippen molar-refractivity contribution in [2.45, 2.75) is 48.4 Å². The third-order valence-electron chi connectivity index (χ3n) is 9.65. The average molecular weight is 699 g/mol. The van der Waals surface area contributed by atoms with Crippen LogP contribution in [0.1, 0.15) is 18.9 Å². The number of nitrogens with one attached hydrogen (secondary N) is 2. The number of nitrogens with zero attached hydrogens (tertiary/aromatic N) is 1. The molecule has 3 unspecified atom stereocenters. The van der Waals surface area contributed by atoms with E-state index in [1.165, 1.54) is 4.90 Å². The summed E-state index contributed by atoms with van der Waals surface area (Å²) in [6.45, 7) is 2.06. The van der Waals surface area contributed by atoms with Gasteiger partial charge in [0.05, 0.1) is 37.2 Å². The van der Waals surface area contributed by atoms with Crippen LogP contribution in [0, 0.1) is 11.8 Å². The molecule has 3 N–H and O–H groups in total. The number of aliphatic hydroxyl groups is 1. The molecule has 0 aromatic heterocycles. The van der Waals surface area contributed by atoms with Crippen LogP contribution in [0.25, 0.3) is 10.8 Å². The van der Waals surface area contributed by atoms with E-state index < -0.39 is 41.5 Å². The van der Waals surface area contributed by atoms with Gasteiger partial charge in [-0.1, -0.05) is 76.6 Å². The van der Waals surface area contributed by atoms with Gasteiger partial charge in [0.25, 0.3) is 0 Å². The Balaban J connectivity index is 1.24. The van der Waals surface area contributed by atoms with Gasteiger partial charge in [-0.15, -0.1) is 0 Å². The summed E-state index contributed by atoms with van der Waals surface area (Å²) in [5.74, 6) is -2.24. The van der Waals surface area contributed by atoms with Gasteiger partial charge in [0.1, 0.15) is 17.4 Å². The van der Waals surface area contributed by atoms with Gasteiger partial charge in [-0.05, 0) is 72.5 Å². The molecule has 2 bridgehead atoms. The molecule has 7 rings (SSSR count). The molecule has 47 heavy (non-hydrogen) atoms. The highest BCUT2D eigenvalue weighted by molar-refractivity contribution is 9.09. The summed E-state index contributed by atoms with van der Waals surface area (Å²) in [4.78, 5) is 44.3. The molecule has 3 heterocycles. The first-order valence-electron chi connectivity index (χ1n) is 15.9. The van der Waals surface area contributed by atoms with Crippen LogP contribution >= 0.6 is 15.9 Å². The van der Waals surface area contributed by atoms with Crippen molar-refractivity contribution in [2.75, 3.05) is 23.8 Å². The zero-order valence-electron chi connectivity index (χ0n) is 25.8. The lowest BCUT2D eigenvalue weighted by Gasteiger charge is -2.37. The molecule has 1 spiro atoms. The fourth-order valence-electron chi connectivity index (χ4n) is 7.70. The molecule has 3 amide bonds. The van der Waals surface area contributed by atoms with Crippen LogP contribution in [-0.4, -0.2) is 69.6 Å². The molecule has 0 radical (unpaired) electrons. The maximum atomic E-state index is 14.6. The van der Waals surface area contributed by atoms with Gasteiger partial charge in [0.2, 0.25) is 17.7 Å². The quantitative estimate of drug-likeness (QED) is 0.197. The van der Waals surface area contributed by atoms with Gasteiger partial charge in [-0.25, -0.2) is 0 Å². The van der Waals surface area contributed by atoms with Crippen LogP contribution in [0.15, 0.2) is 97.1 Å². The summed E-state index contributed by atoms with van der Waals surface area (Å²) in [6.07, 6.45) is 0.0680. The van der Waals surface area contributed by atoms with E-state index in [0.717, 1.165) is 16.3 Å². The highest BCUT2D eigenvalue weighted by Crippen LogP contribution is 2.60. The Morgan fingerprint density at radius 1 is 0.957 bits per heavy atom. The number of hydrogen-bond donors (Lipinski definition) is 3. The zero-order chi connectivity index (χ0) is 32.7. The maximum absolute atomic E-state index is 14.6. The van der Waals surface area contributed by atoms with Crippen molar-refractivity contribution < 1.29 is 29.0 Å². The maximum Gasteiger partial charge on any atom is 0.250 e. The molecular formula is C37H36BrN3O6. The number of alkyl halides is 1. The van der Waals surface area contributed by atoms with Crippen molar-refractivity contribution in [3.63, 3.8) is 0 Å². The van der Waals surface area contributed by atoms with Gasteiger partial charge in [-0.3, -0.25) is 14.4 Å². The van der Waals surface area contributed by atoms with E-state index in [2.05, 4.69) is 26.6 Å². The Hall–Kier alpha value is -4.25. The van der Waals surface area contributed by atoms with Crippen molar-refractivity contribution in [3.05, 3.63) is 103 Å². The number of anilines is 2. The van der Waals surface area contributed by atoms with Gasteiger partial charge in [0, 0.05) is 16.2 Å². The zero-order valence-corrected chi connectivity index (χ0v) is 27.4. The summed E-state index contributed by atoms with van der Waals surface area (Å²) in [5.41, 5.74) is 0.779. The molecule has 3 fully saturated rings. The number of likely N-dealkylation sites (tertiary alicyclic amines) is 1. The normalized spacial score (nSPS) is 26.7. The predicted octanol–water partition coefficient (Wildman–Crippen LogP) is 5.17. The van der Waals surface area contributed by atoms with Crippen LogP contribution in [0.2, 0.25) is 0 Å². The SMILES string of the molecule is CCOc1ccc(NC(=O)[C@H]2[C@@H]3OC4(CC3Br)C(C(=O)Nc3ccc5ccccc5c3)N([C@@H](CO)Cc3ccccc3)C(=O)[C@H]24)cc1. The standard InChI is InChI=1S/C37H36BrN3O6/c1-2-46-28-16-14-25(15-17-28)39-34(43)30-31-36(45)41(27(21-42)18-22-8-4-3-5-9-22)33(37(31)20-29(38)32(30)47-37)35(44)40-26-13-12-23-10-6-7-11-24(23)19-26/h3-17,19,27,29-33,42H,2,18,20-21H2,1H3,(H,39,43)(H,40,44)/t27-,29?,30-,31+,32-,33?,37?/m1/s1. The molecule has 9 nitrogen and oxygen atoms in total. The van der Waals surface area contributed by atoms with E-state index in [-0.39, 0.29) is 23.2 Å². The number of rotatable bonds is 10. The van der Waals surface area contributed by atoms with Crippen molar-refractivity contribution in [3.8, 4) is 5.75 Å².